The molecule has 1 unspecified atom stereocenters. The molecule has 0 spiro atoms. The number of nitrogens with zero attached hydrogens (tertiary/aromatic N) is 2. The Morgan fingerprint density at radius 3 is 1.93 bits per heavy atom. The molecule has 0 saturated carbocycles. The van der Waals surface area contributed by atoms with Crippen molar-refractivity contribution >= 4 is 5.97 Å². The van der Waals surface area contributed by atoms with Gasteiger partial charge in [0.05, 0.1) is 7.11 Å². The number of rotatable bonds is 8. The van der Waals surface area contributed by atoms with Crippen LogP contribution in [0.2, 0.25) is 0 Å². The molecule has 138 valence electrons. The van der Waals surface area contributed by atoms with E-state index in [2.05, 4.69) is 34.1 Å². The van der Waals surface area contributed by atoms with E-state index >= 15 is 0 Å². The number of hydrogen-bond donors (Lipinski definition) is 0. The fourth-order valence-corrected chi connectivity index (χ4v) is 3.15. The van der Waals surface area contributed by atoms with Crippen LogP contribution in [0.3, 0.4) is 0 Å². The lowest BCUT2D eigenvalue weighted by Crippen LogP contribution is -2.42. The van der Waals surface area contributed by atoms with E-state index in [1.165, 1.54) is 7.11 Å². The van der Waals surface area contributed by atoms with Crippen molar-refractivity contribution in [3.63, 3.8) is 0 Å². The summed E-state index contributed by atoms with van der Waals surface area (Å²) in [5.74, 6) is -0.231. The minimum absolute atomic E-state index is 0.231. The smallest absolute Gasteiger partial charge is 0.323 e. The van der Waals surface area contributed by atoms with Crippen molar-refractivity contribution in [1.82, 2.24) is 9.88 Å². The molecule has 0 bridgehead atoms. The molecule has 27 heavy (non-hydrogen) atoms. The molecule has 0 aliphatic heterocycles. The summed E-state index contributed by atoms with van der Waals surface area (Å²) in [5.41, 5.74) is 3.33. The van der Waals surface area contributed by atoms with Crippen LogP contribution >= 0.6 is 0 Å². The quantitative estimate of drug-likeness (QED) is 0.572. The Kier molecular flexibility index (Phi) is 6.72. The molecular weight excluding hydrogens is 336 g/mol. The van der Waals surface area contributed by atoms with Crippen LogP contribution in [0.15, 0.2) is 85.2 Å². The summed E-state index contributed by atoms with van der Waals surface area (Å²) < 4.78 is 5.14. The van der Waals surface area contributed by atoms with Gasteiger partial charge in [-0.25, -0.2) is 0 Å². The van der Waals surface area contributed by atoms with Crippen LogP contribution in [0, 0.1) is 0 Å². The van der Waals surface area contributed by atoms with Crippen molar-refractivity contribution in [2.45, 2.75) is 25.6 Å². The zero-order chi connectivity index (χ0) is 18.9. The van der Waals surface area contributed by atoms with E-state index in [4.69, 9.17) is 4.74 Å². The molecule has 0 fully saturated rings. The lowest BCUT2D eigenvalue weighted by Gasteiger charge is -2.30. The third-order valence-corrected chi connectivity index (χ3v) is 4.52. The summed E-state index contributed by atoms with van der Waals surface area (Å²) >= 11 is 0. The zero-order valence-electron chi connectivity index (χ0n) is 15.5. The first kappa shape index (κ1) is 18.8. The van der Waals surface area contributed by atoms with Gasteiger partial charge in [0.2, 0.25) is 0 Å². The Labute approximate surface area is 160 Å². The number of methoxy groups -OCH3 is 1. The highest BCUT2D eigenvalue weighted by atomic mass is 16.5. The van der Waals surface area contributed by atoms with E-state index < -0.39 is 0 Å². The van der Waals surface area contributed by atoms with Gasteiger partial charge in [-0.1, -0.05) is 66.7 Å². The van der Waals surface area contributed by atoms with Gasteiger partial charge in [-0.15, -0.1) is 0 Å². The van der Waals surface area contributed by atoms with Crippen molar-refractivity contribution in [3.05, 3.63) is 102 Å². The molecule has 1 aromatic heterocycles. The van der Waals surface area contributed by atoms with Crippen LogP contribution < -0.4 is 0 Å². The molecule has 3 rings (SSSR count). The van der Waals surface area contributed by atoms with Crippen LogP contribution in [-0.2, 0) is 29.0 Å². The number of carbonyl (C=O) groups is 1. The van der Waals surface area contributed by atoms with E-state index in [9.17, 15) is 4.79 Å². The maximum absolute atomic E-state index is 12.7. The Bertz CT molecular complexity index is 781. The third kappa shape index (κ3) is 5.50. The number of pyridine rings is 1. The molecule has 4 nitrogen and oxygen atoms in total. The van der Waals surface area contributed by atoms with Crippen molar-refractivity contribution in [2.24, 2.45) is 0 Å². The van der Waals surface area contributed by atoms with Crippen LogP contribution in [0.4, 0.5) is 0 Å². The predicted molar refractivity (Wildman–Crippen MR) is 106 cm³/mol. The number of hydrogen-bond acceptors (Lipinski definition) is 4. The van der Waals surface area contributed by atoms with E-state index in [1.807, 2.05) is 48.5 Å². The third-order valence-electron chi connectivity index (χ3n) is 4.52. The Morgan fingerprint density at radius 2 is 1.44 bits per heavy atom. The first-order valence-corrected chi connectivity index (χ1v) is 9.05. The number of esters is 1. The average molecular weight is 360 g/mol. The van der Waals surface area contributed by atoms with Crippen LogP contribution in [0.25, 0.3) is 0 Å². The van der Waals surface area contributed by atoms with Crippen LogP contribution in [-0.4, -0.2) is 29.0 Å². The number of carbonyl (C=O) groups excluding carboxylic acids is 1. The van der Waals surface area contributed by atoms with Gasteiger partial charge in [0.1, 0.15) is 6.04 Å². The van der Waals surface area contributed by atoms with E-state index in [0.717, 1.165) is 16.7 Å². The molecule has 4 heteroatoms. The topological polar surface area (TPSA) is 42.4 Å². The lowest BCUT2D eigenvalue weighted by atomic mass is 10.0. The summed E-state index contributed by atoms with van der Waals surface area (Å²) in [7, 11) is 1.45. The van der Waals surface area contributed by atoms with E-state index in [0.29, 0.717) is 19.5 Å². The van der Waals surface area contributed by atoms with Gasteiger partial charge < -0.3 is 4.74 Å². The summed E-state index contributed by atoms with van der Waals surface area (Å²) in [5, 5.41) is 0. The molecule has 0 saturated heterocycles. The van der Waals surface area contributed by atoms with Crippen molar-refractivity contribution < 1.29 is 9.53 Å². The summed E-state index contributed by atoms with van der Waals surface area (Å²) in [6.45, 7) is 1.32. The molecule has 1 atom stereocenters. The first-order chi connectivity index (χ1) is 13.3. The summed E-state index contributed by atoms with van der Waals surface area (Å²) in [6, 6.07) is 23.9. The minimum Gasteiger partial charge on any atom is -0.468 e. The van der Waals surface area contributed by atoms with E-state index in [-0.39, 0.29) is 12.0 Å². The molecule has 0 aliphatic rings. The number of ether oxygens (including phenoxy) is 1. The normalized spacial score (nSPS) is 11.9. The van der Waals surface area contributed by atoms with Crippen molar-refractivity contribution in [3.8, 4) is 0 Å². The molecule has 1 heterocycles. The second-order valence-corrected chi connectivity index (χ2v) is 6.48. The standard InChI is InChI=1S/C23H24N2O2/c1-27-23(26)22(15-21-13-8-14-24-16-21)25(17-19-9-4-2-5-10-19)18-20-11-6-3-7-12-20/h2-14,16,22H,15,17-18H2,1H3. The molecule has 0 aliphatic carbocycles. The Morgan fingerprint density at radius 1 is 0.889 bits per heavy atom. The average Bonchev–Trinajstić information content (AvgIpc) is 2.73. The summed E-state index contributed by atoms with van der Waals surface area (Å²) in [4.78, 5) is 19.0. The van der Waals surface area contributed by atoms with Gasteiger partial charge in [0.15, 0.2) is 0 Å². The molecule has 0 radical (unpaired) electrons. The second-order valence-electron chi connectivity index (χ2n) is 6.48. The van der Waals surface area contributed by atoms with Gasteiger partial charge in [-0.05, 0) is 22.8 Å². The van der Waals surface area contributed by atoms with Crippen LogP contribution in [0.1, 0.15) is 16.7 Å². The summed E-state index contributed by atoms with van der Waals surface area (Å²) in [6.07, 6.45) is 4.10. The highest BCUT2D eigenvalue weighted by Crippen LogP contribution is 2.18. The molecule has 0 N–H and O–H groups in total. The maximum atomic E-state index is 12.7. The van der Waals surface area contributed by atoms with Crippen molar-refractivity contribution in [2.75, 3.05) is 7.11 Å². The van der Waals surface area contributed by atoms with Gasteiger partial charge in [-0.3, -0.25) is 14.7 Å². The second kappa shape index (κ2) is 9.64. The van der Waals surface area contributed by atoms with Gasteiger partial charge >= 0.3 is 5.97 Å². The van der Waals surface area contributed by atoms with Gasteiger partial charge in [0, 0.05) is 31.9 Å². The SMILES string of the molecule is COC(=O)C(Cc1cccnc1)N(Cc1ccccc1)Cc1ccccc1. The van der Waals surface area contributed by atoms with Crippen LogP contribution in [0.5, 0.6) is 0 Å². The zero-order valence-corrected chi connectivity index (χ0v) is 15.5. The molecule has 3 aromatic rings. The van der Waals surface area contributed by atoms with Gasteiger partial charge in [-0.2, -0.15) is 0 Å². The Balaban J connectivity index is 1.89. The predicted octanol–water partition coefficient (Wildman–Crippen LogP) is 3.87. The highest BCUT2D eigenvalue weighted by molar-refractivity contribution is 5.76. The molecule has 2 aromatic carbocycles. The fourth-order valence-electron chi connectivity index (χ4n) is 3.15. The Hall–Kier alpha value is -2.98. The van der Waals surface area contributed by atoms with Gasteiger partial charge in [0.25, 0.3) is 0 Å². The first-order valence-electron chi connectivity index (χ1n) is 9.05. The van der Waals surface area contributed by atoms with E-state index in [1.54, 1.807) is 12.4 Å². The fraction of sp³-hybridized carbons (Fsp3) is 0.217. The van der Waals surface area contributed by atoms with Crippen molar-refractivity contribution in [1.29, 1.82) is 0 Å². The molecule has 0 amide bonds. The number of benzene rings is 2. The lowest BCUT2D eigenvalue weighted by molar-refractivity contribution is -0.147. The maximum Gasteiger partial charge on any atom is 0.323 e. The minimum atomic E-state index is -0.389. The number of aromatic nitrogens is 1. The highest BCUT2D eigenvalue weighted by Gasteiger charge is 2.27. The molecular formula is C23H24N2O2. The largest absolute Gasteiger partial charge is 0.468 e. The monoisotopic (exact) mass is 360 g/mol.